The van der Waals surface area contributed by atoms with Gasteiger partial charge in [-0.05, 0) is 34.1 Å². The molecule has 16 heavy (non-hydrogen) atoms. The first kappa shape index (κ1) is 14.5. The second kappa shape index (κ2) is 6.16. The molecule has 0 aromatic heterocycles. The minimum absolute atomic E-state index is 0.246. The number of carbonyl (C=O) groups excluding carboxylic acids is 1. The molecule has 0 aliphatic carbocycles. The van der Waals surface area contributed by atoms with Crippen LogP contribution in [-0.2, 0) is 4.74 Å². The zero-order valence-corrected chi connectivity index (χ0v) is 10.7. The number of hydrogen-bond donors (Lipinski definition) is 0. The van der Waals surface area contributed by atoms with Gasteiger partial charge in [0, 0.05) is 19.7 Å². The molecule has 0 N–H and O–H groups in total. The maximum absolute atomic E-state index is 11.5. The highest BCUT2D eigenvalue weighted by Gasteiger charge is 2.23. The van der Waals surface area contributed by atoms with Gasteiger partial charge in [0.15, 0.2) is 0 Å². The van der Waals surface area contributed by atoms with Crippen LogP contribution < -0.4 is 0 Å². The summed E-state index contributed by atoms with van der Waals surface area (Å²) in [6.07, 6.45) is 2.57. The van der Waals surface area contributed by atoms with Crippen LogP contribution in [-0.4, -0.2) is 23.1 Å². The van der Waals surface area contributed by atoms with Crippen LogP contribution in [0.5, 0.6) is 0 Å². The fourth-order valence-electron chi connectivity index (χ4n) is 1.16. The topological polar surface area (TPSA) is 53.3 Å². The highest BCUT2D eigenvalue weighted by atomic mass is 16.6. The van der Waals surface area contributed by atoms with Gasteiger partial charge >= 0.3 is 6.09 Å². The smallest absolute Gasteiger partial charge is 0.414 e. The molecular weight excluding hydrogens is 204 g/mol. The van der Waals surface area contributed by atoms with Crippen molar-refractivity contribution >= 4 is 6.09 Å². The van der Waals surface area contributed by atoms with E-state index in [1.54, 1.807) is 11.0 Å². The first-order valence-corrected chi connectivity index (χ1v) is 5.28. The third-order valence-electron chi connectivity index (χ3n) is 1.75. The van der Waals surface area contributed by atoms with Crippen molar-refractivity contribution in [1.82, 2.24) is 4.90 Å². The molecule has 0 radical (unpaired) electrons. The van der Waals surface area contributed by atoms with Crippen LogP contribution in [0.25, 0.3) is 0 Å². The van der Waals surface area contributed by atoms with Crippen molar-refractivity contribution in [1.29, 1.82) is 5.26 Å². The highest BCUT2D eigenvalue weighted by molar-refractivity contribution is 5.70. The lowest BCUT2D eigenvalue weighted by Crippen LogP contribution is -2.32. The summed E-state index contributed by atoms with van der Waals surface area (Å²) in [7, 11) is 0. The first-order valence-electron chi connectivity index (χ1n) is 5.28. The third-order valence-corrected chi connectivity index (χ3v) is 1.75. The predicted octanol–water partition coefficient (Wildman–Crippen LogP) is 3.06. The molecule has 0 bridgehead atoms. The standard InChI is InChI=1S/C10H17NO2.C2H3N/c1-8-5-6-11(7-8)9(12)13-10(2,3)4;1-2-3/h7H,5-6H2,1-4H3;1H3. The van der Waals surface area contributed by atoms with Gasteiger partial charge in [-0.3, -0.25) is 4.90 Å². The second-order valence-electron chi connectivity index (χ2n) is 4.62. The molecule has 0 aromatic rings. The van der Waals surface area contributed by atoms with Crippen molar-refractivity contribution < 1.29 is 9.53 Å². The lowest BCUT2D eigenvalue weighted by molar-refractivity contribution is 0.0349. The fraction of sp³-hybridized carbons (Fsp3) is 0.667. The Morgan fingerprint density at radius 2 is 2.06 bits per heavy atom. The molecule has 4 heteroatoms. The van der Waals surface area contributed by atoms with Crippen molar-refractivity contribution in [2.24, 2.45) is 0 Å². The molecule has 0 spiro atoms. The van der Waals surface area contributed by atoms with Gasteiger partial charge in [0.05, 0.1) is 6.07 Å². The summed E-state index contributed by atoms with van der Waals surface area (Å²) in [5, 5.41) is 7.32. The molecule has 0 unspecified atom stereocenters. The number of nitrogens with zero attached hydrogens (tertiary/aromatic N) is 2. The quantitative estimate of drug-likeness (QED) is 0.635. The number of hydrogen-bond acceptors (Lipinski definition) is 3. The van der Waals surface area contributed by atoms with Crippen LogP contribution in [0.3, 0.4) is 0 Å². The second-order valence-corrected chi connectivity index (χ2v) is 4.62. The lowest BCUT2D eigenvalue weighted by Gasteiger charge is -2.23. The molecule has 1 rings (SSSR count). The zero-order valence-electron chi connectivity index (χ0n) is 10.7. The van der Waals surface area contributed by atoms with E-state index in [9.17, 15) is 4.79 Å². The lowest BCUT2D eigenvalue weighted by atomic mass is 10.2. The van der Waals surface area contributed by atoms with Gasteiger partial charge in [-0.1, -0.05) is 5.57 Å². The highest BCUT2D eigenvalue weighted by Crippen LogP contribution is 2.17. The fourth-order valence-corrected chi connectivity index (χ4v) is 1.16. The molecule has 0 atom stereocenters. The average Bonchev–Trinajstić information content (AvgIpc) is 2.50. The molecular formula is C12H20N2O2. The van der Waals surface area contributed by atoms with E-state index in [1.807, 2.05) is 33.9 Å². The van der Waals surface area contributed by atoms with Crippen molar-refractivity contribution in [2.45, 2.75) is 46.6 Å². The van der Waals surface area contributed by atoms with Crippen LogP contribution in [0.15, 0.2) is 11.8 Å². The van der Waals surface area contributed by atoms with E-state index in [4.69, 9.17) is 10.00 Å². The summed E-state index contributed by atoms with van der Waals surface area (Å²) in [5.74, 6) is 0. The van der Waals surface area contributed by atoms with Crippen molar-refractivity contribution in [3.63, 3.8) is 0 Å². The van der Waals surface area contributed by atoms with Crippen LogP contribution in [0.4, 0.5) is 4.79 Å². The van der Waals surface area contributed by atoms with E-state index in [0.29, 0.717) is 0 Å². The third kappa shape index (κ3) is 6.07. The Kier molecular flexibility index (Phi) is 5.59. The molecule has 0 aromatic carbocycles. The summed E-state index contributed by atoms with van der Waals surface area (Å²) < 4.78 is 5.21. The summed E-state index contributed by atoms with van der Waals surface area (Å²) in [6.45, 7) is 9.82. The Labute approximate surface area is 97.5 Å². The summed E-state index contributed by atoms with van der Waals surface area (Å²) in [6, 6.07) is 1.75. The van der Waals surface area contributed by atoms with E-state index >= 15 is 0 Å². The molecule has 1 amide bonds. The molecule has 0 fully saturated rings. The van der Waals surface area contributed by atoms with Gasteiger partial charge in [-0.25, -0.2) is 4.79 Å². The van der Waals surface area contributed by atoms with Crippen LogP contribution in [0.1, 0.15) is 41.0 Å². The molecule has 0 saturated heterocycles. The van der Waals surface area contributed by atoms with E-state index in [1.165, 1.54) is 12.5 Å². The van der Waals surface area contributed by atoms with Gasteiger partial charge in [-0.15, -0.1) is 0 Å². The molecule has 1 aliphatic heterocycles. The summed E-state index contributed by atoms with van der Waals surface area (Å²) in [4.78, 5) is 13.1. The minimum Gasteiger partial charge on any atom is -0.443 e. The Morgan fingerprint density at radius 1 is 1.56 bits per heavy atom. The van der Waals surface area contributed by atoms with E-state index in [2.05, 4.69) is 0 Å². The molecule has 4 nitrogen and oxygen atoms in total. The van der Waals surface area contributed by atoms with Crippen LogP contribution >= 0.6 is 0 Å². The van der Waals surface area contributed by atoms with Gasteiger partial charge in [-0.2, -0.15) is 5.26 Å². The van der Waals surface area contributed by atoms with Gasteiger partial charge in [0.1, 0.15) is 5.60 Å². The minimum atomic E-state index is -0.401. The Morgan fingerprint density at radius 3 is 2.38 bits per heavy atom. The van der Waals surface area contributed by atoms with Gasteiger partial charge in [0.2, 0.25) is 0 Å². The van der Waals surface area contributed by atoms with Crippen molar-refractivity contribution in [3.8, 4) is 6.07 Å². The SMILES string of the molecule is CC#N.CC1=CN(C(=O)OC(C)(C)C)CC1. The maximum atomic E-state index is 11.5. The van der Waals surface area contributed by atoms with E-state index in [-0.39, 0.29) is 6.09 Å². The van der Waals surface area contributed by atoms with E-state index in [0.717, 1.165) is 13.0 Å². The number of ether oxygens (including phenoxy) is 1. The monoisotopic (exact) mass is 224 g/mol. The van der Waals surface area contributed by atoms with Crippen LogP contribution in [0, 0.1) is 11.3 Å². The first-order chi connectivity index (χ1) is 7.30. The molecule has 90 valence electrons. The van der Waals surface area contributed by atoms with E-state index < -0.39 is 5.60 Å². The maximum Gasteiger partial charge on any atom is 0.414 e. The number of nitriles is 1. The van der Waals surface area contributed by atoms with Crippen molar-refractivity contribution in [3.05, 3.63) is 11.8 Å². The van der Waals surface area contributed by atoms with Gasteiger partial charge < -0.3 is 4.74 Å². The average molecular weight is 224 g/mol. The number of rotatable bonds is 0. The predicted molar refractivity (Wildman–Crippen MR) is 62.6 cm³/mol. The number of carbonyl (C=O) groups is 1. The van der Waals surface area contributed by atoms with Crippen molar-refractivity contribution in [2.75, 3.05) is 6.54 Å². The largest absolute Gasteiger partial charge is 0.443 e. The van der Waals surface area contributed by atoms with Crippen LogP contribution in [0.2, 0.25) is 0 Å². The Hall–Kier alpha value is -1.50. The molecule has 1 aliphatic rings. The Balaban J connectivity index is 0.000000673. The molecule has 1 heterocycles. The molecule has 0 saturated carbocycles. The zero-order chi connectivity index (χ0) is 12.8. The summed E-state index contributed by atoms with van der Waals surface area (Å²) >= 11 is 0. The van der Waals surface area contributed by atoms with Gasteiger partial charge in [0.25, 0.3) is 0 Å². The Bertz CT molecular complexity index is 308. The number of amides is 1. The summed E-state index contributed by atoms with van der Waals surface area (Å²) in [5.41, 5.74) is 0.826. The normalized spacial score (nSPS) is 14.5.